The van der Waals surface area contributed by atoms with E-state index in [0.29, 0.717) is 11.1 Å². The minimum atomic E-state index is 0.126. The summed E-state index contributed by atoms with van der Waals surface area (Å²) in [6, 6.07) is 5.53. The van der Waals surface area contributed by atoms with Gasteiger partial charge in [-0.3, -0.25) is 4.98 Å². The van der Waals surface area contributed by atoms with Gasteiger partial charge in [-0.25, -0.2) is 0 Å². The number of nitrogens with zero attached hydrogens (tertiary/aromatic N) is 1. The zero-order valence-corrected chi connectivity index (χ0v) is 9.32. The van der Waals surface area contributed by atoms with Crippen molar-refractivity contribution in [3.63, 3.8) is 0 Å². The van der Waals surface area contributed by atoms with E-state index in [0.717, 1.165) is 16.7 Å². The zero-order chi connectivity index (χ0) is 11.7. The van der Waals surface area contributed by atoms with E-state index in [1.165, 1.54) is 7.11 Å². The molecule has 0 saturated heterocycles. The molecule has 0 aliphatic heterocycles. The van der Waals surface area contributed by atoms with Crippen LogP contribution in [0.1, 0.15) is 12.6 Å². The van der Waals surface area contributed by atoms with Gasteiger partial charge in [0, 0.05) is 11.6 Å². The number of pyridine rings is 1. The van der Waals surface area contributed by atoms with Crippen molar-refractivity contribution in [2.75, 3.05) is 7.11 Å². The highest BCUT2D eigenvalue weighted by atomic mass is 16.5. The van der Waals surface area contributed by atoms with Crippen molar-refractivity contribution in [1.82, 2.24) is 4.98 Å². The van der Waals surface area contributed by atoms with Crippen molar-refractivity contribution in [1.29, 1.82) is 0 Å². The third-order valence-electron chi connectivity index (χ3n) is 2.50. The van der Waals surface area contributed by atoms with E-state index in [1.54, 1.807) is 12.3 Å². The molecule has 0 atom stereocenters. The molecule has 2 rings (SSSR count). The third kappa shape index (κ3) is 1.60. The van der Waals surface area contributed by atoms with Crippen LogP contribution in [0, 0.1) is 0 Å². The van der Waals surface area contributed by atoms with Gasteiger partial charge >= 0.3 is 0 Å². The minimum Gasteiger partial charge on any atom is -0.504 e. The van der Waals surface area contributed by atoms with Gasteiger partial charge in [-0.1, -0.05) is 12.6 Å². The SMILES string of the molecule is C=C(C)c1cc2ccc(OC)c(O)c2cn1. The number of hydrogen-bond donors (Lipinski definition) is 1. The number of methoxy groups -OCH3 is 1. The lowest BCUT2D eigenvalue weighted by Crippen LogP contribution is -1.88. The first kappa shape index (κ1) is 10.5. The molecule has 1 aromatic heterocycles. The van der Waals surface area contributed by atoms with Gasteiger partial charge in [-0.05, 0) is 30.0 Å². The highest BCUT2D eigenvalue weighted by molar-refractivity contribution is 5.91. The Balaban J connectivity index is 2.69. The predicted octanol–water partition coefficient (Wildman–Crippen LogP) is 2.98. The first-order valence-electron chi connectivity index (χ1n) is 4.95. The van der Waals surface area contributed by atoms with Gasteiger partial charge in [0.05, 0.1) is 12.8 Å². The van der Waals surface area contributed by atoms with Gasteiger partial charge in [0.15, 0.2) is 11.5 Å². The van der Waals surface area contributed by atoms with Gasteiger partial charge in [0.2, 0.25) is 0 Å². The lowest BCUT2D eigenvalue weighted by atomic mass is 10.1. The number of phenolic OH excluding ortho intramolecular Hbond substituents is 1. The molecule has 16 heavy (non-hydrogen) atoms. The maximum absolute atomic E-state index is 9.89. The number of fused-ring (bicyclic) bond motifs is 1. The fourth-order valence-electron chi connectivity index (χ4n) is 1.58. The van der Waals surface area contributed by atoms with E-state index in [1.807, 2.05) is 19.1 Å². The number of aromatic hydroxyl groups is 1. The van der Waals surface area contributed by atoms with Gasteiger partial charge in [-0.2, -0.15) is 0 Å². The van der Waals surface area contributed by atoms with Crippen molar-refractivity contribution in [2.45, 2.75) is 6.92 Å². The second-order valence-electron chi connectivity index (χ2n) is 3.69. The van der Waals surface area contributed by atoms with Crippen LogP contribution in [0.2, 0.25) is 0 Å². The first-order chi connectivity index (χ1) is 7.63. The van der Waals surface area contributed by atoms with Crippen LogP contribution < -0.4 is 4.74 Å². The zero-order valence-electron chi connectivity index (χ0n) is 9.32. The third-order valence-corrected chi connectivity index (χ3v) is 2.50. The average molecular weight is 215 g/mol. The molecule has 0 bridgehead atoms. The van der Waals surface area contributed by atoms with Crippen molar-refractivity contribution in [3.8, 4) is 11.5 Å². The predicted molar refractivity (Wildman–Crippen MR) is 64.7 cm³/mol. The van der Waals surface area contributed by atoms with E-state index in [9.17, 15) is 5.11 Å². The van der Waals surface area contributed by atoms with E-state index < -0.39 is 0 Å². The Kier molecular flexibility index (Phi) is 2.52. The lowest BCUT2D eigenvalue weighted by Gasteiger charge is -2.07. The summed E-state index contributed by atoms with van der Waals surface area (Å²) in [5.41, 5.74) is 1.73. The average Bonchev–Trinajstić information content (AvgIpc) is 2.29. The summed E-state index contributed by atoms with van der Waals surface area (Å²) in [7, 11) is 1.52. The summed E-state index contributed by atoms with van der Waals surface area (Å²) >= 11 is 0. The Labute approximate surface area is 94.0 Å². The fourth-order valence-corrected chi connectivity index (χ4v) is 1.58. The number of hydrogen-bond acceptors (Lipinski definition) is 3. The number of ether oxygens (including phenoxy) is 1. The smallest absolute Gasteiger partial charge is 0.167 e. The van der Waals surface area contributed by atoms with Gasteiger partial charge in [0.1, 0.15) is 0 Å². The van der Waals surface area contributed by atoms with Crippen LogP contribution >= 0.6 is 0 Å². The van der Waals surface area contributed by atoms with Crippen LogP contribution in [0.3, 0.4) is 0 Å². The van der Waals surface area contributed by atoms with Crippen molar-refractivity contribution in [3.05, 3.63) is 36.7 Å². The van der Waals surface area contributed by atoms with Crippen LogP contribution in [-0.4, -0.2) is 17.2 Å². The maximum Gasteiger partial charge on any atom is 0.167 e. The standard InChI is InChI=1S/C13H13NO2/c1-8(2)11-6-9-4-5-12(16-3)13(15)10(9)7-14-11/h4-7,15H,1H2,2-3H3. The summed E-state index contributed by atoms with van der Waals surface area (Å²) < 4.78 is 5.04. The second kappa shape index (κ2) is 3.85. The molecule has 1 aromatic carbocycles. The molecule has 0 saturated carbocycles. The van der Waals surface area contributed by atoms with E-state index >= 15 is 0 Å². The van der Waals surface area contributed by atoms with Gasteiger partial charge < -0.3 is 9.84 Å². The largest absolute Gasteiger partial charge is 0.504 e. The van der Waals surface area contributed by atoms with Crippen LogP contribution in [0.25, 0.3) is 16.3 Å². The molecule has 3 nitrogen and oxygen atoms in total. The molecular formula is C13H13NO2. The van der Waals surface area contributed by atoms with E-state index in [2.05, 4.69) is 11.6 Å². The molecule has 0 unspecified atom stereocenters. The Morgan fingerprint density at radius 3 is 2.81 bits per heavy atom. The van der Waals surface area contributed by atoms with Crippen LogP contribution in [0.15, 0.2) is 31.0 Å². The lowest BCUT2D eigenvalue weighted by molar-refractivity contribution is 0.376. The number of rotatable bonds is 2. The molecule has 3 heteroatoms. The number of allylic oxidation sites excluding steroid dienone is 1. The number of benzene rings is 1. The normalized spacial score (nSPS) is 10.4. The summed E-state index contributed by atoms with van der Waals surface area (Å²) in [6.07, 6.45) is 1.64. The summed E-state index contributed by atoms with van der Waals surface area (Å²) in [6.45, 7) is 5.74. The molecule has 0 aliphatic rings. The molecule has 0 fully saturated rings. The molecule has 1 heterocycles. The van der Waals surface area contributed by atoms with Crippen LogP contribution in [0.5, 0.6) is 11.5 Å². The Morgan fingerprint density at radius 1 is 1.44 bits per heavy atom. The van der Waals surface area contributed by atoms with E-state index in [4.69, 9.17) is 4.74 Å². The summed E-state index contributed by atoms with van der Waals surface area (Å²) in [4.78, 5) is 4.23. The molecule has 2 aromatic rings. The molecule has 82 valence electrons. The van der Waals surface area contributed by atoms with Crippen LogP contribution in [0.4, 0.5) is 0 Å². The van der Waals surface area contributed by atoms with Crippen molar-refractivity contribution < 1.29 is 9.84 Å². The van der Waals surface area contributed by atoms with Crippen LogP contribution in [-0.2, 0) is 0 Å². The Bertz CT molecular complexity index is 561. The topological polar surface area (TPSA) is 42.4 Å². The van der Waals surface area contributed by atoms with Gasteiger partial charge in [0.25, 0.3) is 0 Å². The molecule has 0 aliphatic carbocycles. The molecule has 0 spiro atoms. The maximum atomic E-state index is 9.89. The molecule has 1 N–H and O–H groups in total. The highest BCUT2D eigenvalue weighted by Gasteiger charge is 2.07. The molecular weight excluding hydrogens is 202 g/mol. The Morgan fingerprint density at radius 2 is 2.19 bits per heavy atom. The Hall–Kier alpha value is -2.03. The molecule has 0 amide bonds. The fraction of sp³-hybridized carbons (Fsp3) is 0.154. The summed E-state index contributed by atoms with van der Waals surface area (Å²) in [5.74, 6) is 0.582. The van der Waals surface area contributed by atoms with Crippen molar-refractivity contribution >= 4 is 16.3 Å². The second-order valence-corrected chi connectivity index (χ2v) is 3.69. The quantitative estimate of drug-likeness (QED) is 0.837. The first-order valence-corrected chi connectivity index (χ1v) is 4.95. The number of phenols is 1. The monoisotopic (exact) mass is 215 g/mol. The summed E-state index contributed by atoms with van der Waals surface area (Å²) in [5, 5.41) is 11.5. The van der Waals surface area contributed by atoms with Gasteiger partial charge in [-0.15, -0.1) is 0 Å². The number of aromatic nitrogens is 1. The van der Waals surface area contributed by atoms with E-state index in [-0.39, 0.29) is 5.75 Å². The highest BCUT2D eigenvalue weighted by Crippen LogP contribution is 2.34. The van der Waals surface area contributed by atoms with Crippen molar-refractivity contribution in [2.24, 2.45) is 0 Å². The minimum absolute atomic E-state index is 0.126. The molecule has 0 radical (unpaired) electrons.